The fourth-order valence-electron chi connectivity index (χ4n) is 2.85. The van der Waals surface area contributed by atoms with E-state index in [1.807, 2.05) is 49.4 Å². The number of carbonyl (C=O) groups is 1. The number of nitrogens with one attached hydrogen (secondary N) is 1. The fraction of sp³-hybridized carbons (Fsp3) is 0.238. The van der Waals surface area contributed by atoms with Crippen LogP contribution in [0.1, 0.15) is 23.8 Å². The van der Waals surface area contributed by atoms with Gasteiger partial charge in [0.2, 0.25) is 0 Å². The molecule has 1 aromatic heterocycles. The highest BCUT2D eigenvalue weighted by Gasteiger charge is 2.13. The Bertz CT molecular complexity index is 934. The zero-order valence-electron chi connectivity index (χ0n) is 15.7. The van der Waals surface area contributed by atoms with Crippen molar-refractivity contribution in [3.8, 4) is 28.3 Å². The highest BCUT2D eigenvalue weighted by atomic mass is 16.5. The first-order valence-corrected chi connectivity index (χ1v) is 8.81. The first-order valence-electron chi connectivity index (χ1n) is 8.81. The van der Waals surface area contributed by atoms with Crippen LogP contribution in [0.25, 0.3) is 16.8 Å². The Morgan fingerprint density at radius 3 is 2.59 bits per heavy atom. The van der Waals surface area contributed by atoms with Crippen LogP contribution in [0.3, 0.4) is 0 Å². The van der Waals surface area contributed by atoms with Gasteiger partial charge in [0, 0.05) is 12.2 Å². The van der Waals surface area contributed by atoms with Crippen LogP contribution < -0.4 is 14.8 Å². The maximum atomic E-state index is 12.4. The van der Waals surface area contributed by atoms with Gasteiger partial charge >= 0.3 is 0 Å². The first kappa shape index (κ1) is 18.5. The fourth-order valence-corrected chi connectivity index (χ4v) is 2.85. The van der Waals surface area contributed by atoms with Gasteiger partial charge in [-0.3, -0.25) is 9.36 Å². The quantitative estimate of drug-likeness (QED) is 0.693. The molecule has 0 radical (unpaired) electrons. The summed E-state index contributed by atoms with van der Waals surface area (Å²) in [6, 6.07) is 13.7. The summed E-state index contributed by atoms with van der Waals surface area (Å²) >= 11 is 0. The van der Waals surface area contributed by atoms with Gasteiger partial charge in [-0.05, 0) is 41.8 Å². The Kier molecular flexibility index (Phi) is 5.76. The number of ether oxygens (including phenoxy) is 2. The molecule has 0 saturated carbocycles. The molecule has 0 aliphatic heterocycles. The van der Waals surface area contributed by atoms with Crippen LogP contribution in [0, 0.1) is 0 Å². The molecule has 27 heavy (non-hydrogen) atoms. The standard InChI is InChI=1S/C21H23N3O3/c1-4-10-23-21(25)18-13-22-14-24(18)17-7-5-6-15(11-17)16-8-9-19(26-2)20(12-16)27-3/h5-9,11-14H,4,10H2,1-3H3,(H,23,25). The van der Waals surface area contributed by atoms with Gasteiger partial charge in [-0.25, -0.2) is 4.98 Å². The van der Waals surface area contributed by atoms with Crippen molar-refractivity contribution in [3.05, 3.63) is 60.7 Å². The molecule has 0 spiro atoms. The van der Waals surface area contributed by atoms with Crippen LogP contribution in [0.2, 0.25) is 0 Å². The molecule has 1 amide bonds. The number of methoxy groups -OCH3 is 2. The van der Waals surface area contributed by atoms with Crippen LogP contribution in [-0.2, 0) is 0 Å². The summed E-state index contributed by atoms with van der Waals surface area (Å²) in [6.45, 7) is 2.65. The van der Waals surface area contributed by atoms with Gasteiger partial charge in [0.05, 0.1) is 26.7 Å². The average Bonchev–Trinajstić information content (AvgIpc) is 3.21. The number of rotatable bonds is 7. The summed E-state index contributed by atoms with van der Waals surface area (Å²) in [7, 11) is 3.23. The second-order valence-corrected chi connectivity index (χ2v) is 6.02. The van der Waals surface area contributed by atoms with E-state index in [-0.39, 0.29) is 5.91 Å². The summed E-state index contributed by atoms with van der Waals surface area (Å²) in [6.07, 6.45) is 4.11. The first-order chi connectivity index (χ1) is 13.2. The zero-order chi connectivity index (χ0) is 19.2. The third-order valence-corrected chi connectivity index (χ3v) is 4.25. The summed E-state index contributed by atoms with van der Waals surface area (Å²) < 4.78 is 12.5. The second kappa shape index (κ2) is 8.40. The summed E-state index contributed by atoms with van der Waals surface area (Å²) in [5.74, 6) is 1.22. The highest BCUT2D eigenvalue weighted by Crippen LogP contribution is 2.33. The molecule has 0 atom stereocenters. The number of carbonyl (C=O) groups excluding carboxylic acids is 1. The lowest BCUT2D eigenvalue weighted by Crippen LogP contribution is -2.26. The molecular weight excluding hydrogens is 342 g/mol. The number of benzene rings is 2. The zero-order valence-corrected chi connectivity index (χ0v) is 15.7. The van der Waals surface area contributed by atoms with Crippen molar-refractivity contribution in [2.45, 2.75) is 13.3 Å². The topological polar surface area (TPSA) is 65.4 Å². The van der Waals surface area contributed by atoms with Crippen LogP contribution in [-0.4, -0.2) is 36.2 Å². The molecule has 1 N–H and O–H groups in total. The van der Waals surface area contributed by atoms with Crippen molar-refractivity contribution >= 4 is 5.91 Å². The van der Waals surface area contributed by atoms with Gasteiger partial charge in [0.15, 0.2) is 11.5 Å². The maximum absolute atomic E-state index is 12.4. The van der Waals surface area contributed by atoms with Crippen molar-refractivity contribution in [1.29, 1.82) is 0 Å². The van der Waals surface area contributed by atoms with E-state index in [4.69, 9.17) is 9.47 Å². The number of imidazole rings is 1. The molecule has 6 heteroatoms. The molecule has 0 aliphatic carbocycles. The smallest absolute Gasteiger partial charge is 0.269 e. The van der Waals surface area contributed by atoms with Crippen LogP contribution in [0.15, 0.2) is 55.0 Å². The predicted octanol–water partition coefficient (Wildman–Crippen LogP) is 3.70. The normalized spacial score (nSPS) is 10.5. The monoisotopic (exact) mass is 365 g/mol. The molecular formula is C21H23N3O3. The van der Waals surface area contributed by atoms with Crippen molar-refractivity contribution in [2.24, 2.45) is 0 Å². The maximum Gasteiger partial charge on any atom is 0.269 e. The van der Waals surface area contributed by atoms with Crippen LogP contribution in [0.5, 0.6) is 11.5 Å². The molecule has 0 fully saturated rings. The van der Waals surface area contributed by atoms with E-state index in [2.05, 4.69) is 10.3 Å². The molecule has 6 nitrogen and oxygen atoms in total. The summed E-state index contributed by atoms with van der Waals surface area (Å²) in [5.41, 5.74) is 3.36. The molecule has 1 heterocycles. The van der Waals surface area contributed by atoms with E-state index < -0.39 is 0 Å². The van der Waals surface area contributed by atoms with Gasteiger partial charge in [0.1, 0.15) is 5.69 Å². The van der Waals surface area contributed by atoms with Gasteiger partial charge < -0.3 is 14.8 Å². The van der Waals surface area contributed by atoms with Crippen molar-refractivity contribution < 1.29 is 14.3 Å². The Hall–Kier alpha value is -3.28. The molecule has 0 unspecified atom stereocenters. The lowest BCUT2D eigenvalue weighted by Gasteiger charge is -2.12. The molecule has 3 rings (SSSR count). The second-order valence-electron chi connectivity index (χ2n) is 6.02. The summed E-state index contributed by atoms with van der Waals surface area (Å²) in [4.78, 5) is 16.5. The number of hydrogen-bond acceptors (Lipinski definition) is 4. The van der Waals surface area contributed by atoms with Crippen molar-refractivity contribution in [2.75, 3.05) is 20.8 Å². The van der Waals surface area contributed by atoms with Crippen LogP contribution in [0.4, 0.5) is 0 Å². The molecule has 0 bridgehead atoms. The van der Waals surface area contributed by atoms with Crippen molar-refractivity contribution in [1.82, 2.24) is 14.9 Å². The Labute approximate surface area is 158 Å². The number of aromatic nitrogens is 2. The third kappa shape index (κ3) is 3.95. The largest absolute Gasteiger partial charge is 0.493 e. The summed E-state index contributed by atoms with van der Waals surface area (Å²) in [5, 5.41) is 2.89. The van der Waals surface area contributed by atoms with E-state index in [1.54, 1.807) is 31.3 Å². The predicted molar refractivity (Wildman–Crippen MR) is 105 cm³/mol. The minimum atomic E-state index is -0.133. The SMILES string of the molecule is CCCNC(=O)c1cncn1-c1cccc(-c2ccc(OC)c(OC)c2)c1. The van der Waals surface area contributed by atoms with Gasteiger partial charge in [-0.2, -0.15) is 0 Å². The number of nitrogens with zero attached hydrogens (tertiary/aromatic N) is 2. The minimum absolute atomic E-state index is 0.133. The third-order valence-electron chi connectivity index (χ3n) is 4.25. The van der Waals surface area contributed by atoms with Gasteiger partial charge in [0.25, 0.3) is 5.91 Å². The van der Waals surface area contributed by atoms with Crippen LogP contribution >= 0.6 is 0 Å². The van der Waals surface area contributed by atoms with Crippen molar-refractivity contribution in [3.63, 3.8) is 0 Å². The number of hydrogen-bond donors (Lipinski definition) is 1. The van der Waals surface area contributed by atoms with E-state index >= 15 is 0 Å². The lowest BCUT2D eigenvalue weighted by atomic mass is 10.0. The van der Waals surface area contributed by atoms with E-state index in [0.29, 0.717) is 23.7 Å². The Morgan fingerprint density at radius 2 is 1.85 bits per heavy atom. The molecule has 2 aromatic carbocycles. The van der Waals surface area contributed by atoms with E-state index in [9.17, 15) is 4.79 Å². The Morgan fingerprint density at radius 1 is 1.07 bits per heavy atom. The van der Waals surface area contributed by atoms with Gasteiger partial charge in [-0.15, -0.1) is 0 Å². The lowest BCUT2D eigenvalue weighted by molar-refractivity contribution is 0.0947. The Balaban J connectivity index is 1.96. The molecule has 140 valence electrons. The average molecular weight is 365 g/mol. The number of amides is 1. The van der Waals surface area contributed by atoms with Gasteiger partial charge in [-0.1, -0.05) is 25.1 Å². The molecule has 3 aromatic rings. The minimum Gasteiger partial charge on any atom is -0.493 e. The van der Waals surface area contributed by atoms with E-state index in [0.717, 1.165) is 23.2 Å². The van der Waals surface area contributed by atoms with E-state index in [1.165, 1.54) is 0 Å². The highest BCUT2D eigenvalue weighted by molar-refractivity contribution is 5.93. The molecule has 0 saturated heterocycles. The molecule has 0 aliphatic rings.